The number of hydrogen-bond donors (Lipinski definition) is 1. The van der Waals surface area contributed by atoms with Crippen molar-refractivity contribution in [3.05, 3.63) is 100 Å². The first kappa shape index (κ1) is 19.7. The summed E-state index contributed by atoms with van der Waals surface area (Å²) in [5, 5.41) is 2.77. The molecule has 0 atom stereocenters. The van der Waals surface area contributed by atoms with Crippen LogP contribution in [0.15, 0.2) is 83.3 Å². The van der Waals surface area contributed by atoms with E-state index in [-0.39, 0.29) is 11.2 Å². The summed E-state index contributed by atoms with van der Waals surface area (Å²) in [6.45, 7) is 1.48. The lowest BCUT2D eigenvalue weighted by atomic mass is 10.1. The van der Waals surface area contributed by atoms with Crippen molar-refractivity contribution in [2.75, 3.05) is 5.32 Å². The van der Waals surface area contributed by atoms with Gasteiger partial charge in [0.1, 0.15) is 5.82 Å². The first-order valence-corrected chi connectivity index (χ1v) is 9.34. The number of aryl methyl sites for hydroxylation is 1. The number of benzene rings is 1. The third-order valence-electron chi connectivity index (χ3n) is 4.69. The Balaban J connectivity index is 2.05. The van der Waals surface area contributed by atoms with Crippen LogP contribution in [0.3, 0.4) is 0 Å². The summed E-state index contributed by atoms with van der Waals surface area (Å²) in [6.07, 6.45) is 5.30. The Bertz CT molecular complexity index is 1250. The lowest BCUT2D eigenvalue weighted by molar-refractivity contribution is -0.139. The van der Waals surface area contributed by atoms with E-state index >= 15 is 0 Å². The van der Waals surface area contributed by atoms with E-state index in [2.05, 4.69) is 10.3 Å². The molecule has 0 amide bonds. The summed E-state index contributed by atoms with van der Waals surface area (Å²) in [7, 11) is 0. The van der Waals surface area contributed by atoms with Gasteiger partial charge in [-0.05, 0) is 31.2 Å². The second-order valence-corrected chi connectivity index (χ2v) is 6.90. The molecule has 2 aromatic heterocycles. The molecule has 1 aromatic carbocycles. The van der Waals surface area contributed by atoms with Crippen LogP contribution in [0.1, 0.15) is 17.8 Å². The molecule has 152 valence electrons. The number of rotatable bonds is 3. The van der Waals surface area contributed by atoms with Crippen molar-refractivity contribution in [1.29, 1.82) is 0 Å². The molecule has 0 radical (unpaired) electrons. The van der Waals surface area contributed by atoms with Crippen molar-refractivity contribution < 1.29 is 13.2 Å². The summed E-state index contributed by atoms with van der Waals surface area (Å²) in [4.78, 5) is 16.5. The maximum absolute atomic E-state index is 13.7. The summed E-state index contributed by atoms with van der Waals surface area (Å²) in [5.74, 6) is 0.382. The lowest BCUT2D eigenvalue weighted by Crippen LogP contribution is -2.20. The van der Waals surface area contributed by atoms with Crippen LogP contribution in [0.2, 0.25) is 0 Å². The molecule has 0 bridgehead atoms. The number of nitrogens with one attached hydrogen (secondary N) is 1. The van der Waals surface area contributed by atoms with E-state index in [1.54, 1.807) is 28.8 Å². The molecular formula is C23H18F3N3O. The lowest BCUT2D eigenvalue weighted by Gasteiger charge is -2.21. The van der Waals surface area contributed by atoms with Gasteiger partial charge in [0.15, 0.2) is 11.1 Å². The summed E-state index contributed by atoms with van der Waals surface area (Å²) in [5.41, 5.74) is -0.140. The Morgan fingerprint density at radius 3 is 2.57 bits per heavy atom. The Morgan fingerprint density at radius 1 is 1.07 bits per heavy atom. The third kappa shape index (κ3) is 3.78. The van der Waals surface area contributed by atoms with E-state index in [1.165, 1.54) is 19.1 Å². The fraction of sp³-hybridized carbons (Fsp3) is 0.130. The SMILES string of the molecule is Cc1cc2c(c(C(F)(F)F)n1)c(=O)cc(NC1=CC=CC=CC1)n2-c1ccccc1. The number of allylic oxidation sites excluding steroid dienone is 5. The van der Waals surface area contributed by atoms with Crippen LogP contribution in [0.5, 0.6) is 0 Å². The minimum absolute atomic E-state index is 0.149. The number of para-hydroxylation sites is 1. The van der Waals surface area contributed by atoms with Crippen molar-refractivity contribution in [2.45, 2.75) is 19.5 Å². The van der Waals surface area contributed by atoms with Gasteiger partial charge in [-0.3, -0.25) is 9.36 Å². The molecule has 0 fully saturated rings. The topological polar surface area (TPSA) is 46.9 Å². The van der Waals surface area contributed by atoms with E-state index in [1.807, 2.05) is 36.4 Å². The van der Waals surface area contributed by atoms with Crippen molar-refractivity contribution in [2.24, 2.45) is 0 Å². The predicted octanol–water partition coefficient (Wildman–Crippen LogP) is 5.52. The Hall–Kier alpha value is -3.61. The first-order valence-electron chi connectivity index (χ1n) is 9.34. The number of pyridine rings is 2. The fourth-order valence-electron chi connectivity index (χ4n) is 3.45. The number of nitrogens with zero attached hydrogens (tertiary/aromatic N) is 2. The van der Waals surface area contributed by atoms with Crippen molar-refractivity contribution in [3.63, 3.8) is 0 Å². The van der Waals surface area contributed by atoms with Gasteiger partial charge in [0, 0.05) is 29.6 Å². The zero-order valence-electron chi connectivity index (χ0n) is 16.1. The second-order valence-electron chi connectivity index (χ2n) is 6.90. The van der Waals surface area contributed by atoms with Gasteiger partial charge in [-0.1, -0.05) is 42.5 Å². The zero-order chi connectivity index (χ0) is 21.3. The van der Waals surface area contributed by atoms with Crippen LogP contribution in [0, 0.1) is 6.92 Å². The number of halogens is 3. The highest BCUT2D eigenvalue weighted by molar-refractivity contribution is 5.86. The normalized spacial score (nSPS) is 13.9. The van der Waals surface area contributed by atoms with E-state index in [0.29, 0.717) is 17.9 Å². The third-order valence-corrected chi connectivity index (χ3v) is 4.69. The number of aromatic nitrogens is 2. The number of anilines is 1. The number of fused-ring (bicyclic) bond motifs is 1. The molecule has 1 N–H and O–H groups in total. The quantitative estimate of drug-likeness (QED) is 0.619. The fourth-order valence-corrected chi connectivity index (χ4v) is 3.45. The number of hydrogen-bond acceptors (Lipinski definition) is 3. The molecule has 4 rings (SSSR count). The maximum Gasteiger partial charge on any atom is 0.434 e. The van der Waals surface area contributed by atoms with Gasteiger partial charge in [0.05, 0.1) is 10.9 Å². The standard InChI is InChI=1S/C23H18F3N3O/c1-15-13-18-21(22(27-15)23(24,25)26)19(30)14-20(28-16-9-5-2-3-6-10-16)29(18)17-11-7-4-8-12-17/h2-9,11-14,28H,10H2,1H3. The van der Waals surface area contributed by atoms with Gasteiger partial charge in [-0.25, -0.2) is 4.98 Å². The van der Waals surface area contributed by atoms with Gasteiger partial charge >= 0.3 is 6.18 Å². The highest BCUT2D eigenvalue weighted by Crippen LogP contribution is 2.34. The average molecular weight is 409 g/mol. The molecule has 0 aliphatic heterocycles. The smallest absolute Gasteiger partial charge is 0.344 e. The summed E-state index contributed by atoms with van der Waals surface area (Å²) < 4.78 is 42.7. The number of alkyl halides is 3. The van der Waals surface area contributed by atoms with Crippen molar-refractivity contribution in [3.8, 4) is 5.69 Å². The highest BCUT2D eigenvalue weighted by atomic mass is 19.4. The van der Waals surface area contributed by atoms with Crippen LogP contribution >= 0.6 is 0 Å². The second kappa shape index (κ2) is 7.67. The summed E-state index contributed by atoms with van der Waals surface area (Å²) in [6, 6.07) is 11.7. The summed E-state index contributed by atoms with van der Waals surface area (Å²) >= 11 is 0. The highest BCUT2D eigenvalue weighted by Gasteiger charge is 2.36. The largest absolute Gasteiger partial charge is 0.434 e. The Kier molecular flexibility index (Phi) is 5.03. The van der Waals surface area contributed by atoms with E-state index in [0.717, 1.165) is 5.70 Å². The Labute approximate surface area is 170 Å². The molecule has 0 saturated carbocycles. The van der Waals surface area contributed by atoms with Gasteiger partial charge < -0.3 is 5.32 Å². The predicted molar refractivity (Wildman–Crippen MR) is 112 cm³/mol. The van der Waals surface area contributed by atoms with Crippen LogP contribution in [-0.2, 0) is 6.18 Å². The molecule has 1 aliphatic carbocycles. The van der Waals surface area contributed by atoms with Gasteiger partial charge in [-0.15, -0.1) is 0 Å². The minimum atomic E-state index is -4.74. The Morgan fingerprint density at radius 2 is 1.83 bits per heavy atom. The zero-order valence-corrected chi connectivity index (χ0v) is 16.1. The molecule has 0 spiro atoms. The van der Waals surface area contributed by atoms with Crippen molar-refractivity contribution >= 4 is 16.7 Å². The molecule has 7 heteroatoms. The molecule has 1 aliphatic rings. The van der Waals surface area contributed by atoms with E-state index < -0.39 is 22.7 Å². The molecule has 3 aromatic rings. The molecule has 4 nitrogen and oxygen atoms in total. The molecule has 0 saturated heterocycles. The van der Waals surface area contributed by atoms with Crippen LogP contribution in [0.4, 0.5) is 19.0 Å². The van der Waals surface area contributed by atoms with Crippen molar-refractivity contribution in [1.82, 2.24) is 9.55 Å². The van der Waals surface area contributed by atoms with E-state index in [9.17, 15) is 18.0 Å². The minimum Gasteiger partial charge on any atom is -0.344 e. The van der Waals surface area contributed by atoms with Gasteiger partial charge in [0.2, 0.25) is 0 Å². The van der Waals surface area contributed by atoms with Gasteiger partial charge in [0.25, 0.3) is 0 Å². The van der Waals surface area contributed by atoms with Crippen LogP contribution < -0.4 is 10.7 Å². The molecule has 30 heavy (non-hydrogen) atoms. The van der Waals surface area contributed by atoms with Crippen LogP contribution in [-0.4, -0.2) is 9.55 Å². The molecule has 0 unspecified atom stereocenters. The van der Waals surface area contributed by atoms with Crippen LogP contribution in [0.25, 0.3) is 16.6 Å². The van der Waals surface area contributed by atoms with E-state index in [4.69, 9.17) is 0 Å². The molecule has 2 heterocycles. The monoisotopic (exact) mass is 409 g/mol. The first-order chi connectivity index (χ1) is 14.3. The van der Waals surface area contributed by atoms with Gasteiger partial charge in [-0.2, -0.15) is 13.2 Å². The maximum atomic E-state index is 13.7. The average Bonchev–Trinajstić information content (AvgIpc) is 2.96. The molecular weight excluding hydrogens is 391 g/mol.